The summed E-state index contributed by atoms with van der Waals surface area (Å²) in [7, 11) is -3.13. The van der Waals surface area contributed by atoms with Crippen LogP contribution >= 0.6 is 0 Å². The molecule has 2 rings (SSSR count). The molecule has 6 nitrogen and oxygen atoms in total. The molecule has 1 aliphatic carbocycles. The van der Waals surface area contributed by atoms with Gasteiger partial charge in [0.15, 0.2) is 0 Å². The van der Waals surface area contributed by atoms with Crippen LogP contribution in [0.4, 0.5) is 4.79 Å². The minimum absolute atomic E-state index is 0.0565. The van der Waals surface area contributed by atoms with Crippen molar-refractivity contribution < 1.29 is 13.2 Å². The summed E-state index contributed by atoms with van der Waals surface area (Å²) in [4.78, 5) is 13.8. The number of carbonyl (C=O) groups excluding carboxylic acids is 1. The number of amides is 2. The lowest BCUT2D eigenvalue weighted by molar-refractivity contribution is 0.171. The molecule has 0 atom stereocenters. The zero-order chi connectivity index (χ0) is 15.3. The van der Waals surface area contributed by atoms with E-state index in [-0.39, 0.29) is 6.03 Å². The number of urea groups is 1. The highest BCUT2D eigenvalue weighted by atomic mass is 32.2. The van der Waals surface area contributed by atoms with Crippen LogP contribution in [0.3, 0.4) is 0 Å². The highest BCUT2D eigenvalue weighted by Gasteiger charge is 2.25. The second-order valence-electron chi connectivity index (χ2n) is 6.17. The summed E-state index contributed by atoms with van der Waals surface area (Å²) >= 11 is 0. The molecule has 0 aromatic rings. The molecular formula is C14H27N3O3S. The van der Waals surface area contributed by atoms with E-state index in [2.05, 4.69) is 5.32 Å². The fourth-order valence-electron chi connectivity index (χ4n) is 3.19. The smallest absolute Gasteiger partial charge is 0.317 e. The molecule has 0 aromatic carbocycles. The molecule has 122 valence electrons. The van der Waals surface area contributed by atoms with Crippen LogP contribution in [0, 0.1) is 5.92 Å². The number of nitrogens with zero attached hydrogens (tertiary/aromatic N) is 2. The highest BCUT2D eigenvalue weighted by Crippen LogP contribution is 2.25. The van der Waals surface area contributed by atoms with Crippen molar-refractivity contribution in [2.75, 3.05) is 39.0 Å². The lowest BCUT2D eigenvalue weighted by Gasteiger charge is -2.33. The van der Waals surface area contributed by atoms with Crippen molar-refractivity contribution in [3.8, 4) is 0 Å². The Morgan fingerprint density at radius 3 is 2.29 bits per heavy atom. The molecule has 0 spiro atoms. The minimum Gasteiger partial charge on any atom is -0.338 e. The SMILES string of the molecule is CS(=O)(=O)N1CCN(C(=O)NCCC2CCCCC2)CC1. The van der Waals surface area contributed by atoms with Gasteiger partial charge in [-0.1, -0.05) is 32.1 Å². The second kappa shape index (κ2) is 7.45. The fourth-order valence-corrected chi connectivity index (χ4v) is 4.02. The second-order valence-corrected chi connectivity index (χ2v) is 8.16. The highest BCUT2D eigenvalue weighted by molar-refractivity contribution is 7.88. The van der Waals surface area contributed by atoms with E-state index in [0.717, 1.165) is 18.9 Å². The Balaban J connectivity index is 1.65. The van der Waals surface area contributed by atoms with Crippen LogP contribution in [0.5, 0.6) is 0 Å². The first-order valence-corrected chi connectivity index (χ1v) is 9.79. The number of hydrogen-bond donors (Lipinski definition) is 1. The molecule has 21 heavy (non-hydrogen) atoms. The Kier molecular flexibility index (Phi) is 5.87. The van der Waals surface area contributed by atoms with Crippen molar-refractivity contribution in [2.45, 2.75) is 38.5 Å². The quantitative estimate of drug-likeness (QED) is 0.848. The van der Waals surface area contributed by atoms with Crippen molar-refractivity contribution >= 4 is 16.1 Å². The van der Waals surface area contributed by atoms with E-state index in [1.54, 1.807) is 4.90 Å². The van der Waals surface area contributed by atoms with Crippen LogP contribution in [-0.4, -0.2) is 62.6 Å². The van der Waals surface area contributed by atoms with Crippen molar-refractivity contribution in [3.05, 3.63) is 0 Å². The Hall–Kier alpha value is -0.820. The van der Waals surface area contributed by atoms with Gasteiger partial charge < -0.3 is 10.2 Å². The average Bonchev–Trinajstić information content (AvgIpc) is 2.47. The molecule has 2 fully saturated rings. The third-order valence-electron chi connectivity index (χ3n) is 4.55. The maximum Gasteiger partial charge on any atom is 0.317 e. The lowest BCUT2D eigenvalue weighted by atomic mass is 9.87. The first kappa shape index (κ1) is 16.5. The molecule has 2 amide bonds. The van der Waals surface area contributed by atoms with Crippen molar-refractivity contribution in [3.63, 3.8) is 0 Å². The van der Waals surface area contributed by atoms with Gasteiger partial charge >= 0.3 is 6.03 Å². The molecule has 0 radical (unpaired) electrons. The summed E-state index contributed by atoms with van der Waals surface area (Å²) < 4.78 is 24.3. The van der Waals surface area contributed by atoms with Gasteiger partial charge in [-0.2, -0.15) is 4.31 Å². The first-order chi connectivity index (χ1) is 9.97. The van der Waals surface area contributed by atoms with Gasteiger partial charge in [0.05, 0.1) is 6.26 Å². The van der Waals surface area contributed by atoms with E-state index in [4.69, 9.17) is 0 Å². The zero-order valence-electron chi connectivity index (χ0n) is 12.9. The van der Waals surface area contributed by atoms with E-state index in [1.807, 2.05) is 0 Å². The topological polar surface area (TPSA) is 69.7 Å². The summed E-state index contributed by atoms with van der Waals surface area (Å²) in [5.41, 5.74) is 0. The summed E-state index contributed by atoms with van der Waals surface area (Å²) in [6.45, 7) is 2.48. The Morgan fingerprint density at radius 2 is 1.71 bits per heavy atom. The minimum atomic E-state index is -3.13. The summed E-state index contributed by atoms with van der Waals surface area (Å²) in [6, 6.07) is -0.0565. The lowest BCUT2D eigenvalue weighted by Crippen LogP contribution is -2.53. The average molecular weight is 317 g/mol. The van der Waals surface area contributed by atoms with Crippen molar-refractivity contribution in [1.29, 1.82) is 0 Å². The maximum atomic E-state index is 12.0. The van der Waals surface area contributed by atoms with E-state index in [1.165, 1.54) is 42.7 Å². The monoisotopic (exact) mass is 317 g/mol. The Morgan fingerprint density at radius 1 is 1.10 bits per heavy atom. The number of hydrogen-bond acceptors (Lipinski definition) is 3. The predicted molar refractivity (Wildman–Crippen MR) is 82.6 cm³/mol. The van der Waals surface area contributed by atoms with Crippen LogP contribution < -0.4 is 5.32 Å². The Labute approximate surface area is 127 Å². The van der Waals surface area contributed by atoms with E-state index in [0.29, 0.717) is 26.2 Å². The molecule has 0 unspecified atom stereocenters. The van der Waals surface area contributed by atoms with E-state index in [9.17, 15) is 13.2 Å². The maximum absolute atomic E-state index is 12.0. The van der Waals surface area contributed by atoms with Crippen LogP contribution in [0.2, 0.25) is 0 Å². The number of sulfonamides is 1. The van der Waals surface area contributed by atoms with E-state index >= 15 is 0 Å². The largest absolute Gasteiger partial charge is 0.338 e. The first-order valence-electron chi connectivity index (χ1n) is 7.95. The van der Waals surface area contributed by atoms with Gasteiger partial charge in [-0.15, -0.1) is 0 Å². The third-order valence-corrected chi connectivity index (χ3v) is 5.85. The molecular weight excluding hydrogens is 290 g/mol. The standard InChI is InChI=1S/C14H27N3O3S/c1-21(19,20)17-11-9-16(10-12-17)14(18)15-8-7-13-5-3-2-4-6-13/h13H,2-12H2,1H3,(H,15,18). The predicted octanol–water partition coefficient (Wildman–Crippen LogP) is 1.24. The molecule has 0 aromatic heterocycles. The van der Waals surface area contributed by atoms with Gasteiger partial charge in [-0.25, -0.2) is 13.2 Å². The number of piperazine rings is 1. The molecule has 7 heteroatoms. The van der Waals surface area contributed by atoms with Crippen LogP contribution in [0.25, 0.3) is 0 Å². The third kappa shape index (κ3) is 5.14. The summed E-state index contributed by atoms with van der Waals surface area (Å²) in [5, 5.41) is 2.97. The van der Waals surface area contributed by atoms with Gasteiger partial charge in [-0.05, 0) is 12.3 Å². The van der Waals surface area contributed by atoms with E-state index < -0.39 is 10.0 Å². The summed E-state index contributed by atoms with van der Waals surface area (Å²) in [6.07, 6.45) is 8.87. The van der Waals surface area contributed by atoms with Crippen LogP contribution in [0.1, 0.15) is 38.5 Å². The molecule has 1 N–H and O–H groups in total. The number of nitrogens with one attached hydrogen (secondary N) is 1. The van der Waals surface area contributed by atoms with Gasteiger partial charge in [0.2, 0.25) is 10.0 Å². The van der Waals surface area contributed by atoms with Gasteiger partial charge in [0.25, 0.3) is 0 Å². The number of carbonyl (C=O) groups is 1. The van der Waals surface area contributed by atoms with Gasteiger partial charge in [0, 0.05) is 32.7 Å². The normalized spacial score (nSPS) is 22.2. The molecule has 1 saturated carbocycles. The molecule has 0 bridgehead atoms. The van der Waals surface area contributed by atoms with Gasteiger partial charge in [-0.3, -0.25) is 0 Å². The molecule has 1 heterocycles. The molecule has 1 aliphatic heterocycles. The number of rotatable bonds is 4. The zero-order valence-corrected chi connectivity index (χ0v) is 13.7. The van der Waals surface area contributed by atoms with Gasteiger partial charge in [0.1, 0.15) is 0 Å². The Bertz CT molecular complexity index is 438. The van der Waals surface area contributed by atoms with Crippen molar-refractivity contribution in [2.24, 2.45) is 5.92 Å². The summed E-state index contributed by atoms with van der Waals surface area (Å²) in [5.74, 6) is 0.765. The molecule has 2 aliphatic rings. The van der Waals surface area contributed by atoms with Crippen molar-refractivity contribution in [1.82, 2.24) is 14.5 Å². The fraction of sp³-hybridized carbons (Fsp3) is 0.929. The molecule has 1 saturated heterocycles. The van der Waals surface area contributed by atoms with Crippen LogP contribution in [0.15, 0.2) is 0 Å². The van der Waals surface area contributed by atoms with Crippen LogP contribution in [-0.2, 0) is 10.0 Å².